The van der Waals surface area contributed by atoms with Gasteiger partial charge in [0.15, 0.2) is 5.17 Å². The van der Waals surface area contributed by atoms with Gasteiger partial charge in [0.05, 0.1) is 0 Å². The number of carbonyl (C=O) groups excluding carboxylic acids is 1. The number of fused-ring (bicyclic) bond motifs is 4. The number of hydrogen-bond acceptors (Lipinski definition) is 5. The highest BCUT2D eigenvalue weighted by atomic mass is 79.9. The molecule has 4 rings (SSSR count). The molecule has 1 saturated carbocycles. The van der Waals surface area contributed by atoms with Crippen molar-refractivity contribution in [1.29, 1.82) is 0 Å². The third-order valence-corrected chi connectivity index (χ3v) is 6.13. The minimum absolute atomic E-state index is 0.0739. The Hall–Kier alpha value is -1.01. The monoisotopic (exact) mass is 366 g/mol. The molecule has 0 bridgehead atoms. The largest absolute Gasteiger partial charge is 0.489 e. The molecule has 3 aliphatic rings. The second kappa shape index (κ2) is 4.74. The smallest absolute Gasteiger partial charge is 0.154 e. The van der Waals surface area contributed by atoms with Crippen LogP contribution >= 0.6 is 27.7 Å². The SMILES string of the molecule is NC1=NC2(CS1)c1cc(Br)ccc1OC1CC(=O)CCC12. The number of hydrogen-bond donors (Lipinski definition) is 1. The van der Waals surface area contributed by atoms with Gasteiger partial charge >= 0.3 is 0 Å². The zero-order chi connectivity index (χ0) is 14.6. The molecule has 6 heteroatoms. The molecule has 1 fully saturated rings. The van der Waals surface area contributed by atoms with Gasteiger partial charge in [-0.3, -0.25) is 4.79 Å². The summed E-state index contributed by atoms with van der Waals surface area (Å²) in [6, 6.07) is 6.02. The Kier molecular flexibility index (Phi) is 3.08. The van der Waals surface area contributed by atoms with Crippen LogP contribution in [-0.2, 0) is 10.3 Å². The summed E-state index contributed by atoms with van der Waals surface area (Å²) in [5, 5.41) is 0.637. The third-order valence-electron chi connectivity index (χ3n) is 4.66. The van der Waals surface area contributed by atoms with E-state index in [1.54, 1.807) is 11.8 Å². The summed E-state index contributed by atoms with van der Waals surface area (Å²) in [5.74, 6) is 2.19. The highest BCUT2D eigenvalue weighted by molar-refractivity contribution is 9.10. The van der Waals surface area contributed by atoms with Crippen LogP contribution in [0.2, 0.25) is 0 Å². The first kappa shape index (κ1) is 13.6. The van der Waals surface area contributed by atoms with Crippen LogP contribution < -0.4 is 10.5 Å². The molecule has 1 aromatic rings. The molecule has 2 aliphatic heterocycles. The number of nitrogens with two attached hydrogens (primary N) is 1. The van der Waals surface area contributed by atoms with Gasteiger partial charge < -0.3 is 10.5 Å². The van der Waals surface area contributed by atoms with Gasteiger partial charge in [0.1, 0.15) is 23.2 Å². The number of ketones is 1. The number of nitrogens with zero attached hydrogens (tertiary/aromatic N) is 1. The number of benzene rings is 1. The fourth-order valence-electron chi connectivity index (χ4n) is 3.72. The lowest BCUT2D eigenvalue weighted by molar-refractivity contribution is -0.125. The van der Waals surface area contributed by atoms with Gasteiger partial charge in [-0.25, -0.2) is 4.99 Å². The zero-order valence-corrected chi connectivity index (χ0v) is 13.7. The zero-order valence-electron chi connectivity index (χ0n) is 11.3. The Bertz CT molecular complexity index is 663. The Morgan fingerprint density at radius 1 is 1.48 bits per heavy atom. The van der Waals surface area contributed by atoms with E-state index in [4.69, 9.17) is 15.5 Å². The number of amidine groups is 1. The van der Waals surface area contributed by atoms with Crippen molar-refractivity contribution in [3.63, 3.8) is 0 Å². The minimum atomic E-state index is -0.336. The summed E-state index contributed by atoms with van der Waals surface area (Å²) in [6.07, 6.45) is 1.86. The Morgan fingerprint density at radius 2 is 2.33 bits per heavy atom. The summed E-state index contributed by atoms with van der Waals surface area (Å²) in [5.41, 5.74) is 6.74. The lowest BCUT2D eigenvalue weighted by atomic mass is 9.68. The molecule has 1 aliphatic carbocycles. The minimum Gasteiger partial charge on any atom is -0.489 e. The van der Waals surface area contributed by atoms with E-state index in [1.807, 2.05) is 12.1 Å². The van der Waals surface area contributed by atoms with E-state index < -0.39 is 0 Å². The van der Waals surface area contributed by atoms with Gasteiger partial charge in [-0.05, 0) is 24.6 Å². The van der Waals surface area contributed by atoms with Crippen LogP contribution in [0.15, 0.2) is 27.7 Å². The van der Waals surface area contributed by atoms with Gasteiger partial charge in [0.25, 0.3) is 0 Å². The number of Topliss-reactive ketones (excluding diaryl/α,β-unsaturated/α-hetero) is 1. The molecule has 1 spiro atoms. The maximum Gasteiger partial charge on any atom is 0.154 e. The predicted octanol–water partition coefficient (Wildman–Crippen LogP) is 2.84. The average molecular weight is 367 g/mol. The molecular formula is C15H15BrN2O2S. The molecule has 0 amide bonds. The van der Waals surface area contributed by atoms with E-state index in [-0.39, 0.29) is 23.3 Å². The molecule has 21 heavy (non-hydrogen) atoms. The van der Waals surface area contributed by atoms with E-state index in [0.29, 0.717) is 18.0 Å². The first-order chi connectivity index (χ1) is 10.1. The summed E-state index contributed by atoms with van der Waals surface area (Å²) >= 11 is 5.14. The molecule has 2 N–H and O–H groups in total. The Labute approximate surface area is 135 Å². The normalized spacial score (nSPS) is 34.1. The number of halogens is 1. The van der Waals surface area contributed by atoms with Gasteiger partial charge in [0, 0.05) is 34.5 Å². The lowest BCUT2D eigenvalue weighted by Crippen LogP contribution is -2.50. The van der Waals surface area contributed by atoms with Crippen LogP contribution in [0.5, 0.6) is 5.75 Å². The van der Waals surface area contributed by atoms with Crippen LogP contribution in [0.1, 0.15) is 24.8 Å². The van der Waals surface area contributed by atoms with Crippen LogP contribution in [0.25, 0.3) is 0 Å². The number of ether oxygens (including phenoxy) is 1. The molecule has 3 atom stereocenters. The van der Waals surface area contributed by atoms with E-state index in [2.05, 4.69) is 22.0 Å². The second-order valence-electron chi connectivity index (χ2n) is 5.85. The maximum atomic E-state index is 11.8. The van der Waals surface area contributed by atoms with Gasteiger partial charge in [-0.1, -0.05) is 27.7 Å². The molecule has 4 nitrogen and oxygen atoms in total. The molecule has 3 unspecified atom stereocenters. The molecule has 2 heterocycles. The van der Waals surface area contributed by atoms with E-state index in [9.17, 15) is 4.79 Å². The summed E-state index contributed by atoms with van der Waals surface area (Å²) in [7, 11) is 0. The number of rotatable bonds is 0. The Balaban J connectivity index is 1.89. The number of aliphatic imine (C=N–C) groups is 1. The fraction of sp³-hybridized carbons (Fsp3) is 0.467. The highest BCUT2D eigenvalue weighted by Crippen LogP contribution is 2.54. The average Bonchev–Trinajstić information content (AvgIpc) is 2.83. The predicted molar refractivity (Wildman–Crippen MR) is 86.7 cm³/mol. The van der Waals surface area contributed by atoms with Crippen LogP contribution in [0.3, 0.4) is 0 Å². The van der Waals surface area contributed by atoms with Crippen molar-refractivity contribution < 1.29 is 9.53 Å². The van der Waals surface area contributed by atoms with Gasteiger partial charge in [-0.15, -0.1) is 0 Å². The quantitative estimate of drug-likeness (QED) is 0.766. The summed E-state index contributed by atoms with van der Waals surface area (Å²) < 4.78 is 7.14. The summed E-state index contributed by atoms with van der Waals surface area (Å²) in [4.78, 5) is 16.6. The maximum absolute atomic E-state index is 11.8. The Morgan fingerprint density at radius 3 is 3.10 bits per heavy atom. The molecule has 110 valence electrons. The fourth-order valence-corrected chi connectivity index (χ4v) is 5.11. The number of carbonyl (C=O) groups is 1. The third kappa shape index (κ3) is 2.03. The van der Waals surface area contributed by atoms with Crippen molar-refractivity contribution in [1.82, 2.24) is 0 Å². The van der Waals surface area contributed by atoms with Crippen molar-refractivity contribution in [2.45, 2.75) is 30.9 Å². The summed E-state index contributed by atoms with van der Waals surface area (Å²) in [6.45, 7) is 0. The standard InChI is InChI=1S/C15H15BrN2O2S/c16-8-1-4-12-11(5-8)15(7-21-14(17)18-15)10-3-2-9(19)6-13(10)20-12/h1,4-5,10,13H,2-3,6-7H2,(H2,17,18). The van der Waals surface area contributed by atoms with Crippen molar-refractivity contribution in [2.24, 2.45) is 16.6 Å². The van der Waals surface area contributed by atoms with Crippen molar-refractivity contribution >= 4 is 38.6 Å². The van der Waals surface area contributed by atoms with Crippen molar-refractivity contribution in [3.05, 3.63) is 28.2 Å². The van der Waals surface area contributed by atoms with E-state index in [1.165, 1.54) is 0 Å². The lowest BCUT2D eigenvalue weighted by Gasteiger charge is -2.46. The van der Waals surface area contributed by atoms with Gasteiger partial charge in [-0.2, -0.15) is 0 Å². The molecule has 0 aromatic heterocycles. The van der Waals surface area contributed by atoms with Crippen LogP contribution in [0, 0.1) is 5.92 Å². The molecule has 1 aromatic carbocycles. The first-order valence-electron chi connectivity index (χ1n) is 7.05. The molecule has 0 saturated heterocycles. The van der Waals surface area contributed by atoms with E-state index >= 15 is 0 Å². The van der Waals surface area contributed by atoms with Gasteiger partial charge in [0.2, 0.25) is 0 Å². The topological polar surface area (TPSA) is 64.7 Å². The van der Waals surface area contributed by atoms with E-state index in [0.717, 1.165) is 28.0 Å². The molecule has 0 radical (unpaired) electrons. The first-order valence-corrected chi connectivity index (χ1v) is 8.83. The van der Waals surface area contributed by atoms with Crippen LogP contribution in [-0.4, -0.2) is 22.8 Å². The number of thioether (sulfide) groups is 1. The van der Waals surface area contributed by atoms with Crippen molar-refractivity contribution in [3.8, 4) is 5.75 Å². The highest BCUT2D eigenvalue weighted by Gasteiger charge is 2.54. The molecular weight excluding hydrogens is 352 g/mol. The van der Waals surface area contributed by atoms with Crippen LogP contribution in [0.4, 0.5) is 0 Å². The van der Waals surface area contributed by atoms with Crippen molar-refractivity contribution in [2.75, 3.05) is 5.75 Å². The second-order valence-corrected chi connectivity index (χ2v) is 7.76.